The number of hydrogen-bond acceptors (Lipinski definition) is 10. The molecule has 0 aromatic heterocycles. The molecular formula is C44H57NO10. The molecule has 0 radical (unpaired) electrons. The molecule has 1 aliphatic heterocycles. The Hall–Kier alpha value is -4.06. The molecule has 2 saturated carbocycles. The Morgan fingerprint density at radius 3 is 2.13 bits per heavy atom. The zero-order valence-electron chi connectivity index (χ0n) is 33.7. The summed E-state index contributed by atoms with van der Waals surface area (Å²) in [4.78, 5) is 56.6. The third-order valence-electron chi connectivity index (χ3n) is 13.5. The molecule has 3 aliphatic carbocycles. The Labute approximate surface area is 324 Å². The smallest absolute Gasteiger partial charge is 0.408 e. The van der Waals surface area contributed by atoms with Gasteiger partial charge in [0.05, 0.1) is 47.4 Å². The average molecular weight is 760 g/mol. The van der Waals surface area contributed by atoms with Crippen LogP contribution in [0.3, 0.4) is 0 Å². The van der Waals surface area contributed by atoms with Gasteiger partial charge in [-0.05, 0) is 82.2 Å². The Balaban J connectivity index is 1.45. The van der Waals surface area contributed by atoms with Gasteiger partial charge in [0.25, 0.3) is 0 Å². The van der Waals surface area contributed by atoms with Gasteiger partial charge < -0.3 is 34.5 Å². The Kier molecular flexibility index (Phi) is 10.4. The molecule has 298 valence electrons. The van der Waals surface area contributed by atoms with Crippen molar-refractivity contribution in [3.8, 4) is 0 Å². The van der Waals surface area contributed by atoms with Crippen LogP contribution in [0.4, 0.5) is 4.79 Å². The molecule has 3 N–H and O–H groups in total. The van der Waals surface area contributed by atoms with Crippen LogP contribution in [0.15, 0.2) is 71.8 Å². The van der Waals surface area contributed by atoms with E-state index in [0.717, 1.165) is 0 Å². The largest absolute Gasteiger partial charge is 0.457 e. The highest BCUT2D eigenvalue weighted by molar-refractivity contribution is 5.97. The topological polar surface area (TPSA) is 158 Å². The number of nitrogens with one attached hydrogen (secondary N) is 1. The number of carbonyl (C=O) groups is 4. The van der Waals surface area contributed by atoms with E-state index >= 15 is 4.79 Å². The van der Waals surface area contributed by atoms with E-state index in [0.29, 0.717) is 23.3 Å². The van der Waals surface area contributed by atoms with Crippen LogP contribution < -0.4 is 5.32 Å². The first-order valence-corrected chi connectivity index (χ1v) is 19.4. The van der Waals surface area contributed by atoms with Crippen LogP contribution in [0.25, 0.3) is 0 Å². The molecule has 1 saturated heterocycles. The molecule has 6 rings (SSSR count). The van der Waals surface area contributed by atoms with Gasteiger partial charge in [-0.1, -0.05) is 76.2 Å². The van der Waals surface area contributed by atoms with Crippen LogP contribution in [-0.2, 0) is 28.5 Å². The number of benzene rings is 2. The summed E-state index contributed by atoms with van der Waals surface area (Å²) in [6.45, 7) is 18.3. The lowest BCUT2D eigenvalue weighted by atomic mass is 9.40. The van der Waals surface area contributed by atoms with Crippen molar-refractivity contribution in [2.75, 3.05) is 6.61 Å². The molecular weight excluding hydrogens is 702 g/mol. The van der Waals surface area contributed by atoms with E-state index in [9.17, 15) is 24.6 Å². The van der Waals surface area contributed by atoms with Crippen LogP contribution in [0, 0.1) is 34.0 Å². The summed E-state index contributed by atoms with van der Waals surface area (Å²) in [6.07, 6.45) is -4.54. The normalized spacial score (nSPS) is 35.0. The molecule has 2 aromatic carbocycles. The lowest BCUT2D eigenvalue weighted by Gasteiger charge is -2.68. The third kappa shape index (κ3) is 6.69. The van der Waals surface area contributed by atoms with E-state index < -0.39 is 93.4 Å². The summed E-state index contributed by atoms with van der Waals surface area (Å²) in [5.74, 6) is -4.00. The van der Waals surface area contributed by atoms with Gasteiger partial charge in [0.2, 0.25) is 0 Å². The molecule has 11 nitrogen and oxygen atoms in total. The van der Waals surface area contributed by atoms with Gasteiger partial charge in [0, 0.05) is 23.7 Å². The van der Waals surface area contributed by atoms with E-state index in [1.807, 2.05) is 45.9 Å². The van der Waals surface area contributed by atoms with E-state index in [-0.39, 0.29) is 24.5 Å². The molecule has 55 heavy (non-hydrogen) atoms. The number of Topliss-reactive ketones (excluding diaryl/α,β-unsaturated/α-hetero) is 1. The summed E-state index contributed by atoms with van der Waals surface area (Å²) < 4.78 is 24.1. The van der Waals surface area contributed by atoms with E-state index in [1.165, 1.54) is 0 Å². The third-order valence-corrected chi connectivity index (χ3v) is 13.5. The zero-order valence-corrected chi connectivity index (χ0v) is 33.7. The van der Waals surface area contributed by atoms with Crippen LogP contribution in [-0.4, -0.2) is 76.3 Å². The number of hydrogen-bond donors (Lipinski definition) is 3. The van der Waals surface area contributed by atoms with Crippen molar-refractivity contribution in [2.24, 2.45) is 34.0 Å². The van der Waals surface area contributed by atoms with Crippen LogP contribution in [0.1, 0.15) is 104 Å². The highest BCUT2D eigenvalue weighted by atomic mass is 16.6. The van der Waals surface area contributed by atoms with Gasteiger partial charge in [-0.3, -0.25) is 9.59 Å². The predicted octanol–water partition coefficient (Wildman–Crippen LogP) is 6.51. The van der Waals surface area contributed by atoms with Crippen molar-refractivity contribution in [3.05, 3.63) is 82.9 Å². The van der Waals surface area contributed by atoms with Crippen LogP contribution in [0.5, 0.6) is 0 Å². The molecule has 3 fully saturated rings. The number of aliphatic hydroxyl groups is 2. The van der Waals surface area contributed by atoms with E-state index in [1.54, 1.807) is 84.0 Å². The van der Waals surface area contributed by atoms with Crippen molar-refractivity contribution in [1.29, 1.82) is 0 Å². The fourth-order valence-corrected chi connectivity index (χ4v) is 10.4. The van der Waals surface area contributed by atoms with Crippen molar-refractivity contribution in [1.82, 2.24) is 5.32 Å². The number of carbonyl (C=O) groups excluding carboxylic acids is 4. The number of esters is 2. The van der Waals surface area contributed by atoms with Crippen molar-refractivity contribution in [2.45, 2.75) is 124 Å². The first-order chi connectivity index (χ1) is 25.6. The minimum absolute atomic E-state index is 0.0255. The lowest BCUT2D eigenvalue weighted by Crippen LogP contribution is -2.75. The van der Waals surface area contributed by atoms with Gasteiger partial charge in [0.1, 0.15) is 11.7 Å². The molecule has 1 heterocycles. The van der Waals surface area contributed by atoms with Gasteiger partial charge >= 0.3 is 18.0 Å². The van der Waals surface area contributed by atoms with Gasteiger partial charge in [-0.25, -0.2) is 9.59 Å². The second-order valence-corrected chi connectivity index (χ2v) is 18.2. The molecule has 2 aromatic rings. The number of fused-ring (bicyclic) bond motifs is 5. The number of amides is 1. The SMILES string of the molecule is CC1=C2[C@@H](OC(=O)c3ccccc3)C(=O)[C@@]3(C)C(C(C)[C@](O)(C[C@@H]1OC(=O)[C@H](C)[C@@H](NC(=O)OC(C)(C)C)c1ccccc1)C2(C)C)[C@]1(C)CO[C@@H]1C[C@@H]3O. The Morgan fingerprint density at radius 1 is 0.964 bits per heavy atom. The summed E-state index contributed by atoms with van der Waals surface area (Å²) in [5, 5.41) is 28.0. The maximum Gasteiger partial charge on any atom is 0.408 e. The molecule has 11 heteroatoms. The summed E-state index contributed by atoms with van der Waals surface area (Å²) >= 11 is 0. The number of aliphatic hydroxyl groups excluding tert-OH is 1. The Bertz CT molecular complexity index is 1850. The molecule has 0 spiro atoms. The molecule has 11 atom stereocenters. The van der Waals surface area contributed by atoms with Crippen molar-refractivity contribution in [3.63, 3.8) is 0 Å². The van der Waals surface area contributed by atoms with Gasteiger partial charge in [-0.2, -0.15) is 0 Å². The van der Waals surface area contributed by atoms with E-state index in [2.05, 4.69) is 5.32 Å². The standard InChI is InChI=1S/C44H57NO10/c1-24-29(53-37(48)25(2)33(27-17-13-11-14-18-27)45-39(50)55-40(4,5)6)22-44(51)26(3)35-42(9)23-52-31(42)21-30(46)43(35,10)36(47)34(32(24)41(44,7)8)54-38(49)28-19-15-12-16-20-28/h11-20,25-26,29-31,33-35,46,51H,21-23H2,1-10H3,(H,45,50)/t25-,26?,29+,30+,31-,33-,34-,35?,42-,43-,44-/m1/s1. The van der Waals surface area contributed by atoms with Gasteiger partial charge in [-0.15, -0.1) is 0 Å². The highest BCUT2D eigenvalue weighted by Crippen LogP contribution is 2.67. The van der Waals surface area contributed by atoms with Crippen molar-refractivity contribution >= 4 is 23.8 Å². The minimum Gasteiger partial charge on any atom is -0.457 e. The number of ether oxygens (including phenoxy) is 4. The van der Waals surface area contributed by atoms with Gasteiger partial charge in [0.15, 0.2) is 11.9 Å². The monoisotopic (exact) mass is 759 g/mol. The maximum absolute atomic E-state index is 15.4. The number of alkyl carbamates (subject to hydrolysis) is 1. The second kappa shape index (κ2) is 14.2. The van der Waals surface area contributed by atoms with Crippen LogP contribution in [0.2, 0.25) is 0 Å². The fraction of sp³-hybridized carbons (Fsp3) is 0.591. The first-order valence-electron chi connectivity index (χ1n) is 19.4. The number of ketones is 1. The van der Waals surface area contributed by atoms with Crippen LogP contribution >= 0.6 is 0 Å². The maximum atomic E-state index is 15.4. The minimum atomic E-state index is -1.63. The first kappa shape index (κ1) is 40.6. The lowest BCUT2D eigenvalue weighted by molar-refractivity contribution is -0.302. The molecule has 1 amide bonds. The summed E-state index contributed by atoms with van der Waals surface area (Å²) in [7, 11) is 0. The van der Waals surface area contributed by atoms with Crippen molar-refractivity contribution < 1.29 is 48.3 Å². The summed E-state index contributed by atoms with van der Waals surface area (Å²) in [6, 6.07) is 16.6. The average Bonchev–Trinajstić information content (AvgIpc) is 3.12. The predicted molar refractivity (Wildman–Crippen MR) is 204 cm³/mol. The number of rotatable bonds is 7. The van der Waals surface area contributed by atoms with E-state index in [4.69, 9.17) is 18.9 Å². The summed E-state index contributed by atoms with van der Waals surface area (Å²) in [5.41, 5.74) is -3.90. The zero-order chi connectivity index (χ0) is 40.5. The quantitative estimate of drug-likeness (QED) is 0.161. The molecule has 4 aliphatic rings. The highest BCUT2D eigenvalue weighted by Gasteiger charge is 2.73. The molecule has 2 unspecified atom stereocenters. The Morgan fingerprint density at radius 2 is 1.56 bits per heavy atom. The second-order valence-electron chi connectivity index (χ2n) is 18.2. The fourth-order valence-electron chi connectivity index (χ4n) is 10.4. The molecule has 2 bridgehead atoms.